The lowest BCUT2D eigenvalue weighted by Crippen LogP contribution is -2.55. The minimum absolute atomic E-state index is 0.0704. The lowest BCUT2D eigenvalue weighted by Gasteiger charge is -2.36. The maximum atomic E-state index is 11.9. The topological polar surface area (TPSA) is 116 Å². The molecule has 0 amide bonds. The number of aliphatic hydroxyl groups excluding tert-OH is 3. The van der Waals surface area contributed by atoms with Crippen molar-refractivity contribution in [2.45, 2.75) is 24.4 Å². The molecule has 7 heteroatoms. The molecule has 0 aromatic heterocycles. The Morgan fingerprint density at radius 3 is 2.70 bits per heavy atom. The fourth-order valence-corrected chi connectivity index (χ4v) is 2.00. The van der Waals surface area contributed by atoms with Crippen LogP contribution in [-0.2, 0) is 9.47 Å². The second-order valence-electron chi connectivity index (χ2n) is 4.50. The fourth-order valence-electron chi connectivity index (χ4n) is 2.00. The highest BCUT2D eigenvalue weighted by atomic mass is 16.6. The van der Waals surface area contributed by atoms with Gasteiger partial charge >= 0.3 is 5.97 Å². The first-order chi connectivity index (χ1) is 9.54. The molecule has 0 saturated carbocycles. The average Bonchev–Trinajstić information content (AvgIpc) is 2.44. The third-order valence-corrected chi connectivity index (χ3v) is 3.12. The van der Waals surface area contributed by atoms with Crippen LogP contribution in [0.4, 0.5) is 0 Å². The highest BCUT2D eigenvalue weighted by molar-refractivity contribution is 5.92. The van der Waals surface area contributed by atoms with Crippen molar-refractivity contribution in [3.63, 3.8) is 0 Å². The van der Waals surface area contributed by atoms with Crippen LogP contribution in [0.1, 0.15) is 10.4 Å². The highest BCUT2D eigenvalue weighted by Gasteiger charge is 2.41. The van der Waals surface area contributed by atoms with E-state index in [0.29, 0.717) is 0 Å². The Bertz CT molecular complexity index is 476. The number of phenols is 1. The molecule has 0 bridgehead atoms. The Hall–Kier alpha value is -1.67. The predicted molar refractivity (Wildman–Crippen MR) is 66.1 cm³/mol. The molecule has 1 aromatic rings. The van der Waals surface area contributed by atoms with Gasteiger partial charge in [0.15, 0.2) is 6.10 Å². The molecule has 0 spiro atoms. The smallest absolute Gasteiger partial charge is 0.342 e. The molecule has 1 aliphatic heterocycles. The van der Waals surface area contributed by atoms with Crippen molar-refractivity contribution in [3.8, 4) is 5.75 Å². The van der Waals surface area contributed by atoms with Gasteiger partial charge in [-0.2, -0.15) is 0 Å². The highest BCUT2D eigenvalue weighted by Crippen LogP contribution is 2.22. The summed E-state index contributed by atoms with van der Waals surface area (Å²) in [5.41, 5.74) is -0.0704. The van der Waals surface area contributed by atoms with Gasteiger partial charge in [0, 0.05) is 0 Å². The monoisotopic (exact) mass is 284 g/mol. The molecule has 0 radical (unpaired) electrons. The Balaban J connectivity index is 2.11. The van der Waals surface area contributed by atoms with Crippen molar-refractivity contribution < 1.29 is 34.7 Å². The van der Waals surface area contributed by atoms with Gasteiger partial charge in [0.25, 0.3) is 0 Å². The summed E-state index contributed by atoms with van der Waals surface area (Å²) >= 11 is 0. The number of carbonyl (C=O) groups excluding carboxylic acids is 1. The number of aliphatic hydroxyl groups is 3. The molecule has 1 fully saturated rings. The summed E-state index contributed by atoms with van der Waals surface area (Å²) in [6.07, 6.45) is -4.71. The van der Waals surface area contributed by atoms with Gasteiger partial charge in [0.05, 0.1) is 13.2 Å². The van der Waals surface area contributed by atoms with Crippen molar-refractivity contribution >= 4 is 5.97 Å². The van der Waals surface area contributed by atoms with Crippen molar-refractivity contribution in [1.82, 2.24) is 0 Å². The first kappa shape index (κ1) is 14.7. The summed E-state index contributed by atoms with van der Waals surface area (Å²) in [4.78, 5) is 11.9. The van der Waals surface area contributed by atoms with Crippen molar-refractivity contribution in [3.05, 3.63) is 29.8 Å². The number of hydrogen-bond donors (Lipinski definition) is 4. The zero-order chi connectivity index (χ0) is 14.7. The lowest BCUT2D eigenvalue weighted by atomic mass is 10.00. The molecule has 0 aliphatic carbocycles. The van der Waals surface area contributed by atoms with E-state index in [1.165, 1.54) is 12.1 Å². The minimum Gasteiger partial charge on any atom is -0.507 e. The number of benzene rings is 1. The largest absolute Gasteiger partial charge is 0.507 e. The van der Waals surface area contributed by atoms with Gasteiger partial charge in [-0.15, -0.1) is 0 Å². The van der Waals surface area contributed by atoms with E-state index in [-0.39, 0.29) is 17.9 Å². The number of esters is 1. The van der Waals surface area contributed by atoms with Gasteiger partial charge in [-0.25, -0.2) is 4.79 Å². The molecular formula is C13H16O7. The second kappa shape index (κ2) is 6.19. The number of ether oxygens (including phenoxy) is 2. The number of rotatable bonds is 3. The molecule has 1 aromatic carbocycles. The van der Waals surface area contributed by atoms with Crippen LogP contribution in [0.25, 0.3) is 0 Å². The molecule has 7 nitrogen and oxygen atoms in total. The Labute approximate surface area is 115 Å². The van der Waals surface area contributed by atoms with E-state index >= 15 is 0 Å². The van der Waals surface area contributed by atoms with Crippen LogP contribution in [0.2, 0.25) is 0 Å². The SMILES string of the molecule is O=C(O[C@H]1[C@H](O)[C@@H](CO)OC[C@@H]1O)c1ccccc1O. The lowest BCUT2D eigenvalue weighted by molar-refractivity contribution is -0.196. The minimum atomic E-state index is -1.35. The molecule has 1 aliphatic rings. The predicted octanol–water partition coefficient (Wildman–Crippen LogP) is -0.970. The Morgan fingerprint density at radius 1 is 1.35 bits per heavy atom. The average molecular weight is 284 g/mol. The summed E-state index contributed by atoms with van der Waals surface area (Å²) in [6.45, 7) is -0.625. The number of hydrogen-bond acceptors (Lipinski definition) is 7. The Morgan fingerprint density at radius 2 is 2.05 bits per heavy atom. The summed E-state index contributed by atoms with van der Waals surface area (Å²) in [7, 11) is 0. The van der Waals surface area contributed by atoms with Gasteiger partial charge in [0.2, 0.25) is 0 Å². The summed E-state index contributed by atoms with van der Waals surface area (Å²) in [6, 6.07) is 5.78. The normalized spacial score (nSPS) is 29.9. The van der Waals surface area contributed by atoms with Crippen LogP contribution in [0.3, 0.4) is 0 Å². The van der Waals surface area contributed by atoms with Crippen LogP contribution in [0.5, 0.6) is 5.75 Å². The number of aromatic hydroxyl groups is 1. The van der Waals surface area contributed by atoms with E-state index in [0.717, 1.165) is 0 Å². The number of para-hydroxylation sites is 1. The zero-order valence-corrected chi connectivity index (χ0v) is 10.5. The second-order valence-corrected chi connectivity index (χ2v) is 4.50. The molecular weight excluding hydrogens is 268 g/mol. The van der Waals surface area contributed by atoms with Crippen LogP contribution in [0.15, 0.2) is 24.3 Å². The van der Waals surface area contributed by atoms with Gasteiger partial charge in [-0.3, -0.25) is 0 Å². The molecule has 0 unspecified atom stereocenters. The quantitative estimate of drug-likeness (QED) is 0.528. The molecule has 4 N–H and O–H groups in total. The molecule has 4 atom stereocenters. The van der Waals surface area contributed by atoms with Gasteiger partial charge in [-0.1, -0.05) is 12.1 Å². The van der Waals surface area contributed by atoms with Crippen LogP contribution >= 0.6 is 0 Å². The van der Waals surface area contributed by atoms with Crippen LogP contribution in [-0.4, -0.2) is 64.0 Å². The third-order valence-electron chi connectivity index (χ3n) is 3.12. The van der Waals surface area contributed by atoms with Gasteiger partial charge in [0.1, 0.15) is 29.6 Å². The standard InChI is InChI=1S/C13H16O7/c14-5-10-11(17)12(9(16)6-19-10)20-13(18)7-3-1-2-4-8(7)15/h1-4,9-12,14-17H,5-6H2/t9-,10+,11+,12+/m0/s1. The van der Waals surface area contributed by atoms with Crippen LogP contribution < -0.4 is 0 Å². The first-order valence-electron chi connectivity index (χ1n) is 6.12. The van der Waals surface area contributed by atoms with Crippen molar-refractivity contribution in [2.75, 3.05) is 13.2 Å². The van der Waals surface area contributed by atoms with Gasteiger partial charge in [-0.05, 0) is 12.1 Å². The molecule has 1 heterocycles. The molecule has 1 saturated heterocycles. The van der Waals surface area contributed by atoms with Gasteiger partial charge < -0.3 is 29.9 Å². The van der Waals surface area contributed by atoms with E-state index in [1.54, 1.807) is 12.1 Å². The van der Waals surface area contributed by atoms with E-state index in [9.17, 15) is 20.1 Å². The zero-order valence-electron chi connectivity index (χ0n) is 10.5. The van der Waals surface area contributed by atoms with Crippen molar-refractivity contribution in [1.29, 1.82) is 0 Å². The van der Waals surface area contributed by atoms with E-state index < -0.39 is 37.0 Å². The molecule has 110 valence electrons. The maximum absolute atomic E-state index is 11.9. The van der Waals surface area contributed by atoms with E-state index in [1.807, 2.05) is 0 Å². The van der Waals surface area contributed by atoms with Crippen LogP contribution in [0, 0.1) is 0 Å². The van der Waals surface area contributed by atoms with E-state index in [4.69, 9.17) is 14.6 Å². The molecule has 2 rings (SSSR count). The number of phenolic OH excluding ortho intramolecular Hbond substituents is 1. The van der Waals surface area contributed by atoms with Crippen molar-refractivity contribution in [2.24, 2.45) is 0 Å². The summed E-state index contributed by atoms with van der Waals surface area (Å²) in [5.74, 6) is -1.13. The maximum Gasteiger partial charge on any atom is 0.342 e. The number of carbonyl (C=O) groups is 1. The summed E-state index contributed by atoms with van der Waals surface area (Å²) in [5, 5.41) is 38.2. The summed E-state index contributed by atoms with van der Waals surface area (Å²) < 4.78 is 10.0. The fraction of sp³-hybridized carbons (Fsp3) is 0.462. The van der Waals surface area contributed by atoms with E-state index in [2.05, 4.69) is 0 Å². The first-order valence-corrected chi connectivity index (χ1v) is 6.12. The third kappa shape index (κ3) is 2.91. The Kier molecular flexibility index (Phi) is 4.56. The molecule has 20 heavy (non-hydrogen) atoms.